The number of hydrogen-bond acceptors (Lipinski definition) is 0. The van der Waals surface area contributed by atoms with Crippen LogP contribution in [0.3, 0.4) is 0 Å². The Morgan fingerprint density at radius 2 is 1.43 bits per heavy atom. The van der Waals surface area contributed by atoms with Crippen molar-refractivity contribution in [2.24, 2.45) is 0 Å². The molecule has 0 spiro atoms. The summed E-state index contributed by atoms with van der Waals surface area (Å²) >= 11 is 11.2. The number of hydrogen-bond donors (Lipinski definition) is 0. The molecule has 0 radical (unpaired) electrons. The quantitative estimate of drug-likeness (QED) is 0.521. The Balaban J connectivity index is -0.000000266. The first kappa shape index (κ1) is 21.1. The van der Waals surface area contributed by atoms with Gasteiger partial charge in [-0.1, -0.05) is 0 Å². The van der Waals surface area contributed by atoms with Crippen molar-refractivity contribution < 1.29 is 75.5 Å². The summed E-state index contributed by atoms with van der Waals surface area (Å²) in [6.07, 6.45) is 4.32. The summed E-state index contributed by atoms with van der Waals surface area (Å²) < 4.78 is 2.76. The molecule has 0 aliphatic rings. The molecule has 14 heavy (non-hydrogen) atoms. The molecule has 0 aliphatic heterocycles. The van der Waals surface area contributed by atoms with E-state index in [9.17, 15) is 0 Å². The predicted octanol–water partition coefficient (Wildman–Crippen LogP) is 1.47. The van der Waals surface area contributed by atoms with Crippen LogP contribution in [0.4, 0.5) is 0 Å². The molecule has 5 heteroatoms. The molecule has 0 unspecified atom stereocenters. The molecule has 0 fully saturated rings. The Labute approximate surface area is 127 Å². The van der Waals surface area contributed by atoms with Gasteiger partial charge in [-0.15, -0.1) is 0 Å². The van der Waals surface area contributed by atoms with E-state index in [1.807, 2.05) is 0 Å². The van der Waals surface area contributed by atoms with E-state index in [0.717, 1.165) is 0 Å². The molecule has 0 aromatic carbocycles. The van der Waals surface area contributed by atoms with Crippen molar-refractivity contribution in [2.45, 2.75) is 0 Å². The maximum atomic E-state index is 5.36. The first-order valence-corrected chi connectivity index (χ1v) is 10.1. The van der Waals surface area contributed by atoms with E-state index in [2.05, 4.69) is 80.2 Å². The fourth-order valence-electron chi connectivity index (χ4n) is 0.345. The van der Waals surface area contributed by atoms with Gasteiger partial charge < -0.3 is 0 Å². The maximum absolute atomic E-state index is 5.36. The van der Waals surface area contributed by atoms with E-state index < -0.39 is 0 Å². The molecule has 0 N–H and O–H groups in total. The molecule has 0 aliphatic carbocycles. The van der Waals surface area contributed by atoms with E-state index >= 15 is 0 Å². The van der Waals surface area contributed by atoms with Crippen LogP contribution < -0.4 is 0 Å². The van der Waals surface area contributed by atoms with Crippen LogP contribution in [0.1, 0.15) is 0 Å². The van der Waals surface area contributed by atoms with Gasteiger partial charge in [-0.2, -0.15) is 0 Å². The summed E-state index contributed by atoms with van der Waals surface area (Å²) in [4.78, 5) is 0. The van der Waals surface area contributed by atoms with Crippen molar-refractivity contribution >= 4 is 4.73 Å². The standard InChI is InChI=1S/C9H6.5V/c1-5-8(3)7-9(4)6-2;;;;;/h1-3,5-7H;;;;;/q-4;;;;;/b9-7+;;;;;. The normalized spacial score (nSPS) is 7.50. The van der Waals surface area contributed by atoms with Gasteiger partial charge in [0.25, 0.3) is 0 Å². The number of allylic oxidation sites excluding steroid dienone is 5. The van der Waals surface area contributed by atoms with Gasteiger partial charge in [0.05, 0.1) is 0 Å². The molecule has 0 atom stereocenters. The third kappa shape index (κ3) is 16.2. The van der Waals surface area contributed by atoms with Gasteiger partial charge in [0.15, 0.2) is 0 Å². The molecule has 0 rings (SSSR count). The molecule has 0 aromatic heterocycles. The fraction of sp³-hybridized carbons (Fsp3) is 0. The summed E-state index contributed by atoms with van der Waals surface area (Å²) in [5.41, 5.74) is 1.18. The average Bonchev–Trinajstić information content (AvgIpc) is 2.30. The molecular formula is C9H6V5-4. The molecule has 0 heterocycles. The topological polar surface area (TPSA) is 0 Å². The number of rotatable bonds is 4. The second-order valence-electron chi connectivity index (χ2n) is 1.54. The van der Waals surface area contributed by atoms with Gasteiger partial charge in [-0.25, -0.2) is 0 Å². The monoisotopic (exact) mass is 369 g/mol. The Kier molecular flexibility index (Phi) is 30.4. The van der Waals surface area contributed by atoms with Crippen LogP contribution >= 0.6 is 0 Å². The molecule has 0 aromatic rings. The minimum absolute atomic E-state index is 0.468. The van der Waals surface area contributed by atoms with Gasteiger partial charge in [0.1, 0.15) is 0 Å². The third-order valence-electron chi connectivity index (χ3n) is 0.823. The predicted molar refractivity (Wildman–Crippen MR) is 38.6 cm³/mol. The Hall–Kier alpha value is 1.75. The van der Waals surface area contributed by atoms with Crippen LogP contribution in [0.25, 0.3) is 0 Å². The summed E-state index contributed by atoms with van der Waals surface area (Å²) in [6.45, 7) is 15.7. The first-order chi connectivity index (χ1) is 6.74. The van der Waals surface area contributed by atoms with E-state index in [0.29, 0.717) is 11.1 Å². The second-order valence-corrected chi connectivity index (χ2v) is 1.89. The summed E-state index contributed by atoms with van der Waals surface area (Å²) in [7, 11) is 0. The van der Waals surface area contributed by atoms with Gasteiger partial charge in [0, 0.05) is 0 Å². The SMILES string of the molecule is [CH-]=CC(=[CH-])/C=C(\[C-]=[V])C=[CH-].[V]=[V].[V]=[V]. The van der Waals surface area contributed by atoms with E-state index in [4.69, 9.17) is 19.7 Å². The molecule has 0 amide bonds. The zero-order chi connectivity index (χ0) is 12.0. The Morgan fingerprint density at radius 1 is 1.00 bits per heavy atom. The zero-order valence-corrected chi connectivity index (χ0v) is 14.2. The van der Waals surface area contributed by atoms with Gasteiger partial charge in [0.2, 0.25) is 0 Å². The van der Waals surface area contributed by atoms with Crippen LogP contribution in [0.5, 0.6) is 0 Å². The Bertz CT molecular complexity index is 217. The molecule has 0 nitrogen and oxygen atoms in total. The molecular weight excluding hydrogens is 363 g/mol. The molecule has 0 saturated carbocycles. The van der Waals surface area contributed by atoms with Gasteiger partial charge >= 0.3 is 129 Å². The minimum atomic E-state index is 0.468. The van der Waals surface area contributed by atoms with Crippen LogP contribution in [0.15, 0.2) is 29.4 Å². The van der Waals surface area contributed by atoms with Crippen LogP contribution in [0.2, 0.25) is 0 Å². The van der Waals surface area contributed by atoms with Crippen molar-refractivity contribution in [3.8, 4) is 0 Å². The summed E-state index contributed by atoms with van der Waals surface area (Å²) in [6, 6.07) is 0. The van der Waals surface area contributed by atoms with E-state index in [1.165, 1.54) is 12.2 Å². The Morgan fingerprint density at radius 3 is 1.64 bits per heavy atom. The van der Waals surface area contributed by atoms with E-state index in [1.54, 1.807) is 6.08 Å². The molecule has 71 valence electrons. The van der Waals surface area contributed by atoms with Crippen molar-refractivity contribution in [3.63, 3.8) is 0 Å². The average molecular weight is 369 g/mol. The molecule has 0 bridgehead atoms. The summed E-state index contributed by atoms with van der Waals surface area (Å²) in [5.74, 6) is 0. The van der Waals surface area contributed by atoms with E-state index in [-0.39, 0.29) is 0 Å². The van der Waals surface area contributed by atoms with Crippen molar-refractivity contribution in [1.82, 2.24) is 0 Å². The fourth-order valence-corrected chi connectivity index (χ4v) is 0.563. The third-order valence-corrected chi connectivity index (χ3v) is 1.23. The van der Waals surface area contributed by atoms with Crippen LogP contribution in [-0.2, 0) is 75.5 Å². The zero-order valence-electron chi connectivity index (χ0n) is 7.20. The van der Waals surface area contributed by atoms with Gasteiger partial charge in [-0.3, -0.25) is 0 Å². The van der Waals surface area contributed by atoms with Gasteiger partial charge in [-0.05, 0) is 0 Å². The van der Waals surface area contributed by atoms with Crippen molar-refractivity contribution in [3.05, 3.63) is 49.1 Å². The van der Waals surface area contributed by atoms with Crippen LogP contribution in [0, 0.1) is 19.7 Å². The molecule has 0 saturated heterocycles. The second kappa shape index (κ2) is 20.2. The van der Waals surface area contributed by atoms with Crippen molar-refractivity contribution in [2.75, 3.05) is 0 Å². The van der Waals surface area contributed by atoms with Crippen molar-refractivity contribution in [1.29, 1.82) is 0 Å². The van der Waals surface area contributed by atoms with Crippen LogP contribution in [-0.4, -0.2) is 4.73 Å². The first-order valence-electron chi connectivity index (χ1n) is 2.98. The summed E-state index contributed by atoms with van der Waals surface area (Å²) in [5, 5.41) is 0.